The van der Waals surface area contributed by atoms with E-state index in [2.05, 4.69) is 12.2 Å². The van der Waals surface area contributed by atoms with E-state index in [4.69, 9.17) is 0 Å². The molecule has 0 spiro atoms. The second kappa shape index (κ2) is 8.52. The Hall–Kier alpha value is -1.63. The summed E-state index contributed by atoms with van der Waals surface area (Å²) in [7, 11) is 0. The Kier molecular flexibility index (Phi) is 7.00. The Morgan fingerprint density at radius 1 is 1.20 bits per heavy atom. The smallest absolute Gasteiger partial charge is 0.324 e. The average Bonchev–Trinajstić information content (AvgIpc) is 2.39. The molecular formula is C13H23N3O4. The summed E-state index contributed by atoms with van der Waals surface area (Å²) in [6.45, 7) is 6.34. The molecule has 0 unspecified atom stereocenters. The number of carbonyl (C=O) groups excluding carboxylic acids is 3. The fourth-order valence-electron chi connectivity index (χ4n) is 2.28. The van der Waals surface area contributed by atoms with E-state index in [1.54, 1.807) is 4.90 Å². The lowest BCUT2D eigenvalue weighted by molar-refractivity contribution is -0.904. The van der Waals surface area contributed by atoms with Crippen molar-refractivity contribution in [3.05, 3.63) is 0 Å². The molecule has 0 bridgehead atoms. The number of carbonyl (C=O) groups is 3. The van der Waals surface area contributed by atoms with Crippen LogP contribution in [0.25, 0.3) is 0 Å². The number of rotatable bonds is 6. The van der Waals surface area contributed by atoms with Gasteiger partial charge in [0.05, 0.1) is 32.7 Å². The summed E-state index contributed by atoms with van der Waals surface area (Å²) in [5, 5.41) is 12.5. The monoisotopic (exact) mass is 285 g/mol. The molecule has 1 fully saturated rings. The highest BCUT2D eigenvalue weighted by Crippen LogP contribution is 1.96. The van der Waals surface area contributed by atoms with Crippen LogP contribution in [0.15, 0.2) is 0 Å². The number of nitrogens with one attached hydrogen (secondary N) is 2. The number of aliphatic carboxylic acids is 1. The summed E-state index contributed by atoms with van der Waals surface area (Å²) in [5.74, 6) is -1.61. The zero-order valence-corrected chi connectivity index (χ0v) is 11.9. The van der Waals surface area contributed by atoms with Gasteiger partial charge in [0.1, 0.15) is 0 Å². The maximum Gasteiger partial charge on any atom is 0.324 e. The third-order valence-corrected chi connectivity index (χ3v) is 3.39. The molecule has 7 heteroatoms. The number of urea groups is 1. The normalized spacial score (nSPS) is 15.9. The largest absolute Gasteiger partial charge is 0.550 e. The maximum absolute atomic E-state index is 11.8. The predicted octanol–water partition coefficient (Wildman–Crippen LogP) is -2.25. The van der Waals surface area contributed by atoms with Gasteiger partial charge in [0.25, 0.3) is 0 Å². The lowest BCUT2D eigenvalue weighted by Crippen LogP contribution is -3.14. The van der Waals surface area contributed by atoms with Crippen molar-refractivity contribution >= 4 is 17.9 Å². The first-order valence-electron chi connectivity index (χ1n) is 7.15. The molecule has 114 valence electrons. The molecule has 0 aliphatic carbocycles. The second-order valence-electron chi connectivity index (χ2n) is 5.07. The first kappa shape index (κ1) is 16.4. The van der Waals surface area contributed by atoms with Crippen LogP contribution < -0.4 is 15.3 Å². The van der Waals surface area contributed by atoms with Crippen molar-refractivity contribution < 1.29 is 24.4 Å². The van der Waals surface area contributed by atoms with Gasteiger partial charge >= 0.3 is 6.03 Å². The minimum absolute atomic E-state index is 0.0285. The summed E-state index contributed by atoms with van der Waals surface area (Å²) in [5.41, 5.74) is 0. The van der Waals surface area contributed by atoms with Crippen molar-refractivity contribution in [2.75, 3.05) is 32.7 Å². The van der Waals surface area contributed by atoms with Gasteiger partial charge in [-0.15, -0.1) is 0 Å². The third kappa shape index (κ3) is 6.01. The molecule has 0 atom stereocenters. The van der Waals surface area contributed by atoms with Crippen molar-refractivity contribution in [1.82, 2.24) is 10.2 Å². The van der Waals surface area contributed by atoms with Gasteiger partial charge in [0, 0.05) is 12.4 Å². The van der Waals surface area contributed by atoms with E-state index in [9.17, 15) is 19.5 Å². The van der Waals surface area contributed by atoms with Gasteiger partial charge < -0.3 is 19.7 Å². The molecule has 0 radical (unpaired) electrons. The van der Waals surface area contributed by atoms with Crippen molar-refractivity contribution in [1.29, 1.82) is 0 Å². The van der Waals surface area contributed by atoms with Gasteiger partial charge in [0.15, 0.2) is 0 Å². The van der Waals surface area contributed by atoms with Crippen molar-refractivity contribution in [3.63, 3.8) is 0 Å². The molecule has 20 heavy (non-hydrogen) atoms. The summed E-state index contributed by atoms with van der Waals surface area (Å²) in [6, 6.07) is -0.376. The van der Waals surface area contributed by atoms with Gasteiger partial charge in [-0.1, -0.05) is 6.92 Å². The Labute approximate surface area is 118 Å². The summed E-state index contributed by atoms with van der Waals surface area (Å²) < 4.78 is 0. The zero-order chi connectivity index (χ0) is 15.0. The zero-order valence-electron chi connectivity index (χ0n) is 11.9. The molecule has 2 N–H and O–H groups in total. The number of hydrogen-bond acceptors (Lipinski definition) is 4. The van der Waals surface area contributed by atoms with Crippen molar-refractivity contribution in [2.24, 2.45) is 0 Å². The molecular weight excluding hydrogens is 262 g/mol. The molecule has 7 nitrogen and oxygen atoms in total. The molecule has 1 saturated heterocycles. The number of nitrogens with zero attached hydrogens (tertiary/aromatic N) is 1. The Bertz CT molecular complexity index is 352. The third-order valence-electron chi connectivity index (χ3n) is 3.39. The van der Waals surface area contributed by atoms with Crippen LogP contribution in [-0.4, -0.2) is 55.5 Å². The molecule has 0 saturated carbocycles. The highest BCUT2D eigenvalue weighted by atomic mass is 16.4. The molecule has 0 aromatic carbocycles. The molecule has 1 heterocycles. The average molecular weight is 285 g/mol. The number of imide groups is 1. The van der Waals surface area contributed by atoms with Crippen LogP contribution >= 0.6 is 0 Å². The number of carboxylic acid groups (broad SMARTS) is 1. The molecule has 1 aliphatic heterocycles. The second-order valence-corrected chi connectivity index (χ2v) is 5.07. The Morgan fingerprint density at radius 3 is 2.40 bits per heavy atom. The van der Waals surface area contributed by atoms with E-state index in [-0.39, 0.29) is 25.3 Å². The molecule has 1 aliphatic rings. The van der Waals surface area contributed by atoms with Crippen LogP contribution in [0.2, 0.25) is 0 Å². The van der Waals surface area contributed by atoms with E-state index in [1.165, 1.54) is 4.90 Å². The van der Waals surface area contributed by atoms with Crippen molar-refractivity contribution in [2.45, 2.75) is 32.6 Å². The number of hydrogen-bond donors (Lipinski definition) is 2. The predicted molar refractivity (Wildman–Crippen MR) is 69.8 cm³/mol. The standard InChI is InChI=1S/C13H23N3O4/c1-2-6-15-7-9-16(10-8-15)13(20)14-11(17)4-3-5-12(18)19/h2-10H2,1H3,(H,18,19)(H,14,17,20). The quantitative estimate of drug-likeness (QED) is 0.577. The number of carboxylic acids is 1. The van der Waals surface area contributed by atoms with Crippen molar-refractivity contribution in [3.8, 4) is 0 Å². The molecule has 0 aromatic rings. The van der Waals surface area contributed by atoms with Crippen LogP contribution in [0.1, 0.15) is 32.6 Å². The van der Waals surface area contributed by atoms with E-state index in [1.807, 2.05) is 0 Å². The summed E-state index contributed by atoms with van der Waals surface area (Å²) in [4.78, 5) is 36.6. The highest BCUT2D eigenvalue weighted by Gasteiger charge is 2.23. The molecule has 0 aromatic heterocycles. The fourth-order valence-corrected chi connectivity index (χ4v) is 2.28. The van der Waals surface area contributed by atoms with Gasteiger partial charge in [-0.3, -0.25) is 10.1 Å². The fraction of sp³-hybridized carbons (Fsp3) is 0.769. The SMILES string of the molecule is CCC[NH+]1CCN(C(=O)NC(=O)CCCC(=O)[O-])CC1. The van der Waals surface area contributed by atoms with Crippen LogP contribution in [0.3, 0.4) is 0 Å². The Morgan fingerprint density at radius 2 is 1.85 bits per heavy atom. The van der Waals surface area contributed by atoms with Gasteiger partial charge in [0.2, 0.25) is 5.91 Å². The first-order valence-corrected chi connectivity index (χ1v) is 7.15. The van der Waals surface area contributed by atoms with E-state index >= 15 is 0 Å². The van der Waals surface area contributed by atoms with Crippen LogP contribution in [-0.2, 0) is 9.59 Å². The van der Waals surface area contributed by atoms with Gasteiger partial charge in [-0.05, 0) is 19.3 Å². The van der Waals surface area contributed by atoms with Crippen LogP contribution in [0, 0.1) is 0 Å². The molecule has 1 rings (SSSR count). The number of quaternary nitrogens is 1. The van der Waals surface area contributed by atoms with Gasteiger partial charge in [-0.2, -0.15) is 0 Å². The van der Waals surface area contributed by atoms with Crippen LogP contribution in [0.5, 0.6) is 0 Å². The van der Waals surface area contributed by atoms with E-state index in [0.717, 1.165) is 26.1 Å². The lowest BCUT2D eigenvalue weighted by Gasteiger charge is -2.31. The van der Waals surface area contributed by atoms with Gasteiger partial charge in [-0.25, -0.2) is 4.79 Å². The Balaban J connectivity index is 2.22. The van der Waals surface area contributed by atoms with Crippen LogP contribution in [0.4, 0.5) is 4.79 Å². The minimum atomic E-state index is -1.18. The lowest BCUT2D eigenvalue weighted by atomic mass is 10.2. The first-order chi connectivity index (χ1) is 9.52. The number of amides is 3. The topological polar surface area (TPSA) is 94.0 Å². The summed E-state index contributed by atoms with van der Waals surface area (Å²) >= 11 is 0. The number of piperazine rings is 1. The maximum atomic E-state index is 11.8. The van der Waals surface area contributed by atoms with E-state index in [0.29, 0.717) is 13.1 Å². The molecule has 3 amide bonds. The summed E-state index contributed by atoms with van der Waals surface area (Å²) in [6.07, 6.45) is 1.18. The minimum Gasteiger partial charge on any atom is -0.550 e. The highest BCUT2D eigenvalue weighted by molar-refractivity contribution is 5.94. The van der Waals surface area contributed by atoms with E-state index < -0.39 is 11.9 Å².